The standard InChI is InChI=1S/C11H15N3O4/c1-11(2,3)18-10(17)12-5-7-4-8(9(15)16)14-6-13-7/h4,6H,5H2,1-3H3,(H,12,17)(H,15,16). The van der Waals surface area contributed by atoms with Gasteiger partial charge in [-0.2, -0.15) is 0 Å². The number of carboxylic acid groups (broad SMARTS) is 1. The molecule has 98 valence electrons. The number of hydrogen-bond acceptors (Lipinski definition) is 5. The zero-order valence-corrected chi connectivity index (χ0v) is 10.4. The summed E-state index contributed by atoms with van der Waals surface area (Å²) in [4.78, 5) is 29.5. The molecule has 2 N–H and O–H groups in total. The Labute approximate surface area is 104 Å². The van der Waals surface area contributed by atoms with Gasteiger partial charge in [-0.25, -0.2) is 19.6 Å². The van der Waals surface area contributed by atoms with Gasteiger partial charge >= 0.3 is 12.1 Å². The molecule has 0 saturated carbocycles. The molecule has 0 spiro atoms. The monoisotopic (exact) mass is 253 g/mol. The zero-order chi connectivity index (χ0) is 13.8. The fraction of sp³-hybridized carbons (Fsp3) is 0.455. The number of nitrogens with one attached hydrogen (secondary N) is 1. The zero-order valence-electron chi connectivity index (χ0n) is 10.4. The molecule has 0 bridgehead atoms. The Morgan fingerprint density at radius 1 is 1.39 bits per heavy atom. The number of aromatic nitrogens is 2. The van der Waals surface area contributed by atoms with Gasteiger partial charge in [0.05, 0.1) is 12.2 Å². The fourth-order valence-electron chi connectivity index (χ4n) is 1.09. The molecular weight excluding hydrogens is 238 g/mol. The molecule has 7 nitrogen and oxygen atoms in total. The largest absolute Gasteiger partial charge is 0.477 e. The highest BCUT2D eigenvalue weighted by Crippen LogP contribution is 2.06. The fourth-order valence-corrected chi connectivity index (χ4v) is 1.09. The Kier molecular flexibility index (Phi) is 4.19. The number of hydrogen-bond donors (Lipinski definition) is 2. The molecule has 1 aromatic rings. The van der Waals surface area contributed by atoms with Crippen LogP contribution in [0, 0.1) is 0 Å². The first-order valence-corrected chi connectivity index (χ1v) is 5.29. The van der Waals surface area contributed by atoms with Gasteiger partial charge in [-0.15, -0.1) is 0 Å². The van der Waals surface area contributed by atoms with Crippen LogP contribution in [-0.4, -0.2) is 32.7 Å². The van der Waals surface area contributed by atoms with Gasteiger partial charge in [0.15, 0.2) is 5.69 Å². The summed E-state index contributed by atoms with van der Waals surface area (Å²) in [6, 6.07) is 1.29. The van der Waals surface area contributed by atoms with Crippen molar-refractivity contribution in [2.45, 2.75) is 32.9 Å². The van der Waals surface area contributed by atoms with Gasteiger partial charge in [0, 0.05) is 0 Å². The van der Waals surface area contributed by atoms with Crippen LogP contribution < -0.4 is 5.32 Å². The van der Waals surface area contributed by atoms with Crippen LogP contribution in [0.2, 0.25) is 0 Å². The van der Waals surface area contributed by atoms with Crippen LogP contribution in [0.25, 0.3) is 0 Å². The summed E-state index contributed by atoms with van der Waals surface area (Å²) in [5.74, 6) is -1.14. The van der Waals surface area contributed by atoms with E-state index in [4.69, 9.17) is 9.84 Å². The summed E-state index contributed by atoms with van der Waals surface area (Å²) in [5, 5.41) is 11.2. The van der Waals surface area contributed by atoms with Crippen LogP contribution in [0.1, 0.15) is 37.0 Å². The van der Waals surface area contributed by atoms with Crippen LogP contribution in [0.3, 0.4) is 0 Å². The van der Waals surface area contributed by atoms with Crippen molar-refractivity contribution in [1.29, 1.82) is 0 Å². The molecule has 18 heavy (non-hydrogen) atoms. The number of carbonyl (C=O) groups excluding carboxylic acids is 1. The predicted molar refractivity (Wildman–Crippen MR) is 62.1 cm³/mol. The molecule has 7 heteroatoms. The van der Waals surface area contributed by atoms with E-state index in [1.807, 2.05) is 0 Å². The molecule has 0 atom stereocenters. The lowest BCUT2D eigenvalue weighted by atomic mass is 10.2. The smallest absolute Gasteiger partial charge is 0.407 e. The van der Waals surface area contributed by atoms with Gasteiger partial charge in [0.1, 0.15) is 11.9 Å². The van der Waals surface area contributed by atoms with E-state index in [1.165, 1.54) is 6.07 Å². The van der Waals surface area contributed by atoms with E-state index in [2.05, 4.69) is 15.3 Å². The molecule has 1 rings (SSSR count). The van der Waals surface area contributed by atoms with E-state index in [0.29, 0.717) is 5.69 Å². The van der Waals surface area contributed by atoms with Crippen molar-refractivity contribution in [2.24, 2.45) is 0 Å². The Morgan fingerprint density at radius 3 is 2.61 bits per heavy atom. The van der Waals surface area contributed by atoms with Crippen LogP contribution in [0.15, 0.2) is 12.4 Å². The molecule has 1 heterocycles. The number of carboxylic acids is 1. The summed E-state index contributed by atoms with van der Waals surface area (Å²) in [5.41, 5.74) is -0.304. The molecule has 0 aliphatic heterocycles. The molecule has 0 fully saturated rings. The van der Waals surface area contributed by atoms with Crippen molar-refractivity contribution in [3.05, 3.63) is 23.8 Å². The summed E-state index contributed by atoms with van der Waals surface area (Å²) in [6.45, 7) is 5.33. The number of alkyl carbamates (subject to hydrolysis) is 1. The molecule has 1 aromatic heterocycles. The lowest BCUT2D eigenvalue weighted by Gasteiger charge is -2.19. The summed E-state index contributed by atoms with van der Waals surface area (Å²) >= 11 is 0. The van der Waals surface area contributed by atoms with E-state index >= 15 is 0 Å². The number of amides is 1. The van der Waals surface area contributed by atoms with Gasteiger partial charge < -0.3 is 15.2 Å². The molecule has 1 amide bonds. The van der Waals surface area contributed by atoms with Gasteiger partial charge in [0.25, 0.3) is 0 Å². The maximum Gasteiger partial charge on any atom is 0.407 e. The summed E-state index contributed by atoms with van der Waals surface area (Å²) < 4.78 is 5.03. The number of rotatable bonds is 3. The molecule has 0 unspecified atom stereocenters. The second-order valence-corrected chi connectivity index (χ2v) is 4.56. The highest BCUT2D eigenvalue weighted by Gasteiger charge is 2.16. The van der Waals surface area contributed by atoms with E-state index in [1.54, 1.807) is 20.8 Å². The maximum absolute atomic E-state index is 11.4. The number of ether oxygens (including phenoxy) is 1. The van der Waals surface area contributed by atoms with Crippen molar-refractivity contribution in [3.8, 4) is 0 Å². The Morgan fingerprint density at radius 2 is 2.06 bits per heavy atom. The number of carbonyl (C=O) groups is 2. The van der Waals surface area contributed by atoms with E-state index in [9.17, 15) is 9.59 Å². The average Bonchev–Trinajstić information content (AvgIpc) is 2.24. The maximum atomic E-state index is 11.4. The Bertz CT molecular complexity index is 454. The minimum absolute atomic E-state index is 0.0811. The van der Waals surface area contributed by atoms with Crippen molar-refractivity contribution in [1.82, 2.24) is 15.3 Å². The normalized spacial score (nSPS) is 10.8. The third kappa shape index (κ3) is 4.77. The van der Waals surface area contributed by atoms with E-state index in [0.717, 1.165) is 6.33 Å². The van der Waals surface area contributed by atoms with Gasteiger partial charge in [-0.3, -0.25) is 0 Å². The summed E-state index contributed by atoms with van der Waals surface area (Å²) in [6.07, 6.45) is 0.549. The number of aromatic carboxylic acids is 1. The summed E-state index contributed by atoms with van der Waals surface area (Å²) in [7, 11) is 0. The van der Waals surface area contributed by atoms with E-state index in [-0.39, 0.29) is 12.2 Å². The van der Waals surface area contributed by atoms with Gasteiger partial charge in [-0.05, 0) is 26.8 Å². The van der Waals surface area contributed by atoms with Crippen molar-refractivity contribution in [3.63, 3.8) is 0 Å². The molecular formula is C11H15N3O4. The Hall–Kier alpha value is -2.18. The minimum Gasteiger partial charge on any atom is -0.477 e. The van der Waals surface area contributed by atoms with Crippen molar-refractivity contribution >= 4 is 12.1 Å². The molecule has 0 radical (unpaired) electrons. The molecule has 0 aliphatic carbocycles. The van der Waals surface area contributed by atoms with Gasteiger partial charge in [0.2, 0.25) is 0 Å². The van der Waals surface area contributed by atoms with Crippen LogP contribution in [0.5, 0.6) is 0 Å². The average molecular weight is 253 g/mol. The molecule has 0 saturated heterocycles. The third-order valence-electron chi connectivity index (χ3n) is 1.76. The highest BCUT2D eigenvalue weighted by atomic mass is 16.6. The quantitative estimate of drug-likeness (QED) is 0.839. The first-order valence-electron chi connectivity index (χ1n) is 5.29. The third-order valence-corrected chi connectivity index (χ3v) is 1.76. The van der Waals surface area contributed by atoms with Gasteiger partial charge in [-0.1, -0.05) is 0 Å². The predicted octanol–water partition coefficient (Wildman–Crippen LogP) is 1.20. The first kappa shape index (κ1) is 13.9. The minimum atomic E-state index is -1.14. The van der Waals surface area contributed by atoms with Crippen molar-refractivity contribution < 1.29 is 19.4 Å². The molecule has 0 aromatic carbocycles. The van der Waals surface area contributed by atoms with Crippen LogP contribution in [0.4, 0.5) is 4.79 Å². The van der Waals surface area contributed by atoms with Crippen LogP contribution >= 0.6 is 0 Å². The van der Waals surface area contributed by atoms with Crippen LogP contribution in [-0.2, 0) is 11.3 Å². The van der Waals surface area contributed by atoms with Crippen molar-refractivity contribution in [2.75, 3.05) is 0 Å². The highest BCUT2D eigenvalue weighted by molar-refractivity contribution is 5.85. The Balaban J connectivity index is 2.56. The lowest BCUT2D eigenvalue weighted by Crippen LogP contribution is -2.32. The topological polar surface area (TPSA) is 101 Å². The lowest BCUT2D eigenvalue weighted by molar-refractivity contribution is 0.0522. The second-order valence-electron chi connectivity index (χ2n) is 4.56. The SMILES string of the molecule is CC(C)(C)OC(=O)NCc1cc(C(=O)O)ncn1. The second kappa shape index (κ2) is 5.44. The number of nitrogens with zero attached hydrogens (tertiary/aromatic N) is 2. The molecule has 0 aliphatic rings. The van der Waals surface area contributed by atoms with E-state index < -0.39 is 17.7 Å². The first-order chi connectivity index (χ1) is 8.28.